The number of amides is 1. The first-order chi connectivity index (χ1) is 12.7. The molecule has 0 saturated carbocycles. The van der Waals surface area contributed by atoms with Crippen molar-refractivity contribution in [3.63, 3.8) is 0 Å². The normalized spacial score (nSPS) is 11.2. The fourth-order valence-electron chi connectivity index (χ4n) is 2.33. The summed E-state index contributed by atoms with van der Waals surface area (Å²) in [5.74, 6) is 0.705. The van der Waals surface area contributed by atoms with Crippen LogP contribution in [0.25, 0.3) is 0 Å². The predicted octanol–water partition coefficient (Wildman–Crippen LogP) is 2.02. The van der Waals surface area contributed by atoms with Crippen molar-refractivity contribution in [1.82, 2.24) is 25.7 Å². The molecule has 140 valence electrons. The zero-order valence-corrected chi connectivity index (χ0v) is 16.5. The van der Waals surface area contributed by atoms with E-state index in [1.54, 1.807) is 19.3 Å². The van der Waals surface area contributed by atoms with E-state index < -0.39 is 0 Å². The van der Waals surface area contributed by atoms with Crippen LogP contribution in [0, 0.1) is 0 Å². The lowest BCUT2D eigenvalue weighted by Crippen LogP contribution is -2.39. The number of carbonyl (C=O) groups excluding carboxylic acids is 1. The molecular formula is C18H25BrN6O. The molecular weight excluding hydrogens is 396 g/mol. The third-order valence-electron chi connectivity index (χ3n) is 3.66. The SMILES string of the molecule is CN=C(NCCCNC(=O)c1cccc(Br)c1)NCCCn1cccn1. The van der Waals surface area contributed by atoms with Gasteiger partial charge in [-0.25, -0.2) is 0 Å². The molecule has 7 nitrogen and oxygen atoms in total. The van der Waals surface area contributed by atoms with Crippen molar-refractivity contribution < 1.29 is 4.79 Å². The Labute approximate surface area is 162 Å². The molecule has 3 N–H and O–H groups in total. The molecule has 0 atom stereocenters. The maximum absolute atomic E-state index is 12.0. The fraction of sp³-hybridized carbons (Fsp3) is 0.389. The van der Waals surface area contributed by atoms with Crippen molar-refractivity contribution >= 4 is 27.8 Å². The topological polar surface area (TPSA) is 83.3 Å². The fourth-order valence-corrected chi connectivity index (χ4v) is 2.73. The van der Waals surface area contributed by atoms with E-state index in [-0.39, 0.29) is 5.91 Å². The molecule has 0 radical (unpaired) electrons. The van der Waals surface area contributed by atoms with Crippen LogP contribution in [-0.2, 0) is 6.54 Å². The number of guanidine groups is 1. The lowest BCUT2D eigenvalue weighted by molar-refractivity contribution is 0.0953. The zero-order chi connectivity index (χ0) is 18.6. The number of hydrogen-bond donors (Lipinski definition) is 3. The molecule has 0 saturated heterocycles. The van der Waals surface area contributed by atoms with E-state index in [4.69, 9.17) is 0 Å². The third kappa shape index (κ3) is 7.26. The summed E-state index contributed by atoms with van der Waals surface area (Å²) in [5.41, 5.74) is 0.655. The first-order valence-electron chi connectivity index (χ1n) is 8.65. The lowest BCUT2D eigenvalue weighted by Gasteiger charge is -2.12. The summed E-state index contributed by atoms with van der Waals surface area (Å²) in [6.07, 6.45) is 5.51. The van der Waals surface area contributed by atoms with Gasteiger partial charge >= 0.3 is 0 Å². The minimum absolute atomic E-state index is 0.0626. The highest BCUT2D eigenvalue weighted by molar-refractivity contribution is 9.10. The van der Waals surface area contributed by atoms with Crippen molar-refractivity contribution in [3.05, 3.63) is 52.8 Å². The molecule has 0 spiro atoms. The summed E-state index contributed by atoms with van der Waals surface area (Å²) < 4.78 is 2.81. The summed E-state index contributed by atoms with van der Waals surface area (Å²) in [7, 11) is 1.75. The molecule has 1 aromatic carbocycles. The molecule has 0 unspecified atom stereocenters. The monoisotopic (exact) mass is 420 g/mol. The highest BCUT2D eigenvalue weighted by atomic mass is 79.9. The molecule has 26 heavy (non-hydrogen) atoms. The van der Waals surface area contributed by atoms with Gasteiger partial charge in [-0.2, -0.15) is 5.10 Å². The molecule has 0 aliphatic rings. The quantitative estimate of drug-likeness (QED) is 0.329. The smallest absolute Gasteiger partial charge is 0.251 e. The standard InChI is InChI=1S/C18H25BrN6O/c1-20-18(23-10-4-12-25-13-5-11-24-25)22-9-3-8-21-17(26)15-6-2-7-16(19)14-15/h2,5-7,11,13-14H,3-4,8-10,12H2,1H3,(H,21,26)(H2,20,22,23). The number of nitrogens with zero attached hydrogens (tertiary/aromatic N) is 3. The van der Waals surface area contributed by atoms with E-state index in [1.807, 2.05) is 35.1 Å². The van der Waals surface area contributed by atoms with Crippen molar-refractivity contribution in [3.8, 4) is 0 Å². The average molecular weight is 421 g/mol. The van der Waals surface area contributed by atoms with Gasteiger partial charge in [0, 0.05) is 55.7 Å². The second-order valence-corrected chi connectivity index (χ2v) is 6.58. The second kappa shape index (κ2) is 11.3. The molecule has 0 aliphatic heterocycles. The van der Waals surface area contributed by atoms with Gasteiger partial charge in [0.05, 0.1) is 0 Å². The molecule has 1 heterocycles. The first kappa shape index (κ1) is 20.0. The van der Waals surface area contributed by atoms with E-state index >= 15 is 0 Å². The van der Waals surface area contributed by atoms with Crippen molar-refractivity contribution in [2.75, 3.05) is 26.7 Å². The van der Waals surface area contributed by atoms with Crippen molar-refractivity contribution in [2.24, 2.45) is 4.99 Å². The summed E-state index contributed by atoms with van der Waals surface area (Å²) in [6.45, 7) is 3.03. The van der Waals surface area contributed by atoms with Crippen LogP contribution in [0.1, 0.15) is 23.2 Å². The average Bonchev–Trinajstić information content (AvgIpc) is 3.16. The van der Waals surface area contributed by atoms with Gasteiger partial charge in [-0.1, -0.05) is 22.0 Å². The van der Waals surface area contributed by atoms with Gasteiger partial charge in [-0.15, -0.1) is 0 Å². The molecule has 2 rings (SSSR count). The highest BCUT2D eigenvalue weighted by Crippen LogP contribution is 2.11. The van der Waals surface area contributed by atoms with Gasteiger partial charge in [0.2, 0.25) is 0 Å². The largest absolute Gasteiger partial charge is 0.356 e. The number of rotatable bonds is 9. The Kier molecular flexibility index (Phi) is 8.68. The van der Waals surface area contributed by atoms with Gasteiger partial charge in [0.25, 0.3) is 5.91 Å². The van der Waals surface area contributed by atoms with Crippen LogP contribution >= 0.6 is 15.9 Å². The maximum atomic E-state index is 12.0. The highest BCUT2D eigenvalue weighted by Gasteiger charge is 2.04. The third-order valence-corrected chi connectivity index (χ3v) is 4.15. The van der Waals surface area contributed by atoms with Crippen LogP contribution in [0.15, 0.2) is 52.2 Å². The predicted molar refractivity (Wildman–Crippen MR) is 107 cm³/mol. The number of benzene rings is 1. The number of aromatic nitrogens is 2. The molecule has 2 aromatic rings. The van der Waals surface area contributed by atoms with E-state index in [1.165, 1.54) is 0 Å². The maximum Gasteiger partial charge on any atom is 0.251 e. The Morgan fingerprint density at radius 1 is 1.15 bits per heavy atom. The number of aliphatic imine (C=N–C) groups is 1. The van der Waals surface area contributed by atoms with Crippen LogP contribution in [0.3, 0.4) is 0 Å². The van der Waals surface area contributed by atoms with Crippen LogP contribution < -0.4 is 16.0 Å². The Morgan fingerprint density at radius 2 is 1.92 bits per heavy atom. The van der Waals surface area contributed by atoms with Gasteiger partial charge in [0.15, 0.2) is 5.96 Å². The van der Waals surface area contributed by atoms with Gasteiger partial charge in [-0.3, -0.25) is 14.5 Å². The Bertz CT molecular complexity index is 701. The number of nitrogens with one attached hydrogen (secondary N) is 3. The summed E-state index contributed by atoms with van der Waals surface area (Å²) >= 11 is 3.37. The molecule has 8 heteroatoms. The zero-order valence-electron chi connectivity index (χ0n) is 14.9. The van der Waals surface area contributed by atoms with E-state index in [0.717, 1.165) is 42.9 Å². The van der Waals surface area contributed by atoms with Crippen LogP contribution in [0.5, 0.6) is 0 Å². The Hall–Kier alpha value is -2.35. The first-order valence-corrected chi connectivity index (χ1v) is 9.44. The number of halogens is 1. The van der Waals surface area contributed by atoms with Crippen LogP contribution in [0.2, 0.25) is 0 Å². The Balaban J connectivity index is 1.55. The second-order valence-electron chi connectivity index (χ2n) is 5.67. The van der Waals surface area contributed by atoms with E-state index in [0.29, 0.717) is 12.1 Å². The number of hydrogen-bond acceptors (Lipinski definition) is 3. The van der Waals surface area contributed by atoms with E-state index in [2.05, 4.69) is 42.0 Å². The molecule has 1 aromatic heterocycles. The lowest BCUT2D eigenvalue weighted by atomic mass is 10.2. The van der Waals surface area contributed by atoms with Crippen molar-refractivity contribution in [1.29, 1.82) is 0 Å². The molecule has 0 aliphatic carbocycles. The molecule has 0 fully saturated rings. The van der Waals surface area contributed by atoms with Crippen LogP contribution in [-0.4, -0.2) is 48.3 Å². The van der Waals surface area contributed by atoms with Gasteiger partial charge < -0.3 is 16.0 Å². The van der Waals surface area contributed by atoms with Gasteiger partial charge in [-0.05, 0) is 37.1 Å². The Morgan fingerprint density at radius 3 is 2.62 bits per heavy atom. The van der Waals surface area contributed by atoms with Crippen LogP contribution in [0.4, 0.5) is 0 Å². The summed E-state index contributed by atoms with van der Waals surface area (Å²) in [5, 5.41) is 13.6. The van der Waals surface area contributed by atoms with E-state index in [9.17, 15) is 4.79 Å². The molecule has 1 amide bonds. The number of aryl methyl sites for hydroxylation is 1. The summed E-state index contributed by atoms with van der Waals surface area (Å²) in [4.78, 5) is 16.2. The van der Waals surface area contributed by atoms with Gasteiger partial charge in [0.1, 0.15) is 0 Å². The summed E-state index contributed by atoms with van der Waals surface area (Å²) in [6, 6.07) is 9.27. The number of carbonyl (C=O) groups is 1. The van der Waals surface area contributed by atoms with Crippen molar-refractivity contribution in [2.45, 2.75) is 19.4 Å². The molecule has 0 bridgehead atoms. The minimum atomic E-state index is -0.0626. The minimum Gasteiger partial charge on any atom is -0.356 e.